The summed E-state index contributed by atoms with van der Waals surface area (Å²) in [5.41, 5.74) is 0.558. The van der Waals surface area contributed by atoms with Crippen molar-refractivity contribution >= 4 is 17.6 Å². The van der Waals surface area contributed by atoms with Crippen LogP contribution in [-0.4, -0.2) is 17.5 Å². The van der Waals surface area contributed by atoms with Crippen LogP contribution < -0.4 is 0 Å². The van der Waals surface area contributed by atoms with Crippen LogP contribution in [0.25, 0.3) is 0 Å². The largest absolute Gasteiger partial charge is 0.455 e. The molecule has 0 radical (unpaired) electrons. The molecule has 0 N–H and O–H groups in total. The third kappa shape index (κ3) is 2.47. The number of ether oxygens (including phenoxy) is 1. The summed E-state index contributed by atoms with van der Waals surface area (Å²) in [5, 5.41) is 0. The normalized spacial score (nSPS) is 27.4. The Hall–Kier alpha value is -0.500. The van der Waals surface area contributed by atoms with Crippen molar-refractivity contribution < 1.29 is 9.53 Å². The molecule has 0 aromatic heterocycles. The van der Waals surface area contributed by atoms with E-state index in [9.17, 15) is 4.79 Å². The molecule has 1 fully saturated rings. The number of hydrogen-bond donors (Lipinski definition) is 0. The summed E-state index contributed by atoms with van der Waals surface area (Å²) >= 11 is 5.58. The third-order valence-electron chi connectivity index (χ3n) is 2.51. The van der Waals surface area contributed by atoms with Crippen molar-refractivity contribution in [2.24, 2.45) is 0 Å². The van der Waals surface area contributed by atoms with Crippen molar-refractivity contribution in [2.45, 2.75) is 38.2 Å². The van der Waals surface area contributed by atoms with Crippen LogP contribution in [-0.2, 0) is 9.53 Å². The summed E-state index contributed by atoms with van der Waals surface area (Å²) in [6, 6.07) is 0. The van der Waals surface area contributed by atoms with Crippen LogP contribution in [0.5, 0.6) is 0 Å². The predicted octanol–water partition coefficient (Wildman–Crippen LogP) is 2.66. The average Bonchev–Trinajstić information content (AvgIpc) is 2.43. The summed E-state index contributed by atoms with van der Waals surface area (Å²) < 4.78 is 5.23. The summed E-state index contributed by atoms with van der Waals surface area (Å²) in [6.45, 7) is 5.87. The SMILES string of the molecule is C=C(CCCCl)C1(C)CCC(=O)O1. The Morgan fingerprint density at radius 3 is 2.92 bits per heavy atom. The van der Waals surface area contributed by atoms with Crippen molar-refractivity contribution in [3.05, 3.63) is 12.2 Å². The minimum Gasteiger partial charge on any atom is -0.455 e. The highest BCUT2D eigenvalue weighted by molar-refractivity contribution is 6.17. The van der Waals surface area contributed by atoms with Gasteiger partial charge in [-0.15, -0.1) is 11.6 Å². The van der Waals surface area contributed by atoms with Crippen LogP contribution in [0.15, 0.2) is 12.2 Å². The molecule has 3 heteroatoms. The fourth-order valence-electron chi connectivity index (χ4n) is 1.49. The molecule has 0 aromatic rings. The Morgan fingerprint density at radius 2 is 2.46 bits per heavy atom. The second kappa shape index (κ2) is 4.14. The molecule has 0 spiro atoms. The fraction of sp³-hybridized carbons (Fsp3) is 0.700. The van der Waals surface area contributed by atoms with Gasteiger partial charge in [0.2, 0.25) is 0 Å². The van der Waals surface area contributed by atoms with Gasteiger partial charge in [0.1, 0.15) is 5.60 Å². The van der Waals surface area contributed by atoms with Crippen molar-refractivity contribution in [2.75, 3.05) is 5.88 Å². The highest BCUT2D eigenvalue weighted by Crippen LogP contribution is 2.34. The average molecular weight is 203 g/mol. The molecule has 1 saturated heterocycles. The van der Waals surface area contributed by atoms with Crippen LogP contribution >= 0.6 is 11.6 Å². The van der Waals surface area contributed by atoms with E-state index < -0.39 is 5.60 Å². The van der Waals surface area contributed by atoms with Crippen LogP contribution in [0.3, 0.4) is 0 Å². The summed E-state index contributed by atoms with van der Waals surface area (Å²) in [4.78, 5) is 10.9. The monoisotopic (exact) mass is 202 g/mol. The Balaban J connectivity index is 2.50. The van der Waals surface area contributed by atoms with Gasteiger partial charge in [-0.2, -0.15) is 0 Å². The predicted molar refractivity (Wildman–Crippen MR) is 52.8 cm³/mol. The number of cyclic esters (lactones) is 1. The molecule has 1 atom stereocenters. The van der Waals surface area contributed by atoms with Gasteiger partial charge in [0.15, 0.2) is 0 Å². The van der Waals surface area contributed by atoms with Gasteiger partial charge in [-0.25, -0.2) is 0 Å². The minimum atomic E-state index is -0.427. The van der Waals surface area contributed by atoms with Crippen molar-refractivity contribution in [1.82, 2.24) is 0 Å². The van der Waals surface area contributed by atoms with Gasteiger partial charge in [0.25, 0.3) is 0 Å². The molecule has 0 saturated carbocycles. The third-order valence-corrected chi connectivity index (χ3v) is 2.77. The Kier molecular flexibility index (Phi) is 3.37. The van der Waals surface area contributed by atoms with Crippen LogP contribution in [0.1, 0.15) is 32.6 Å². The lowest BCUT2D eigenvalue weighted by molar-refractivity contribution is -0.145. The van der Waals surface area contributed by atoms with Gasteiger partial charge in [0, 0.05) is 18.7 Å². The molecule has 0 aliphatic carbocycles. The second-order valence-electron chi connectivity index (χ2n) is 3.60. The molecule has 0 aromatic carbocycles. The smallest absolute Gasteiger partial charge is 0.306 e. The van der Waals surface area contributed by atoms with Crippen molar-refractivity contribution in [3.8, 4) is 0 Å². The molecule has 1 aliphatic heterocycles. The summed E-state index contributed by atoms with van der Waals surface area (Å²) in [6.07, 6.45) is 3.00. The standard InChI is InChI=1S/C10H15ClO2/c1-8(4-3-7-11)10(2)6-5-9(12)13-10/h1,3-7H2,2H3. The maximum absolute atomic E-state index is 10.9. The molecular weight excluding hydrogens is 188 g/mol. The molecule has 2 nitrogen and oxygen atoms in total. The number of rotatable bonds is 4. The zero-order chi connectivity index (χ0) is 9.90. The molecule has 0 bridgehead atoms. The molecule has 1 unspecified atom stereocenters. The highest BCUT2D eigenvalue weighted by atomic mass is 35.5. The molecule has 74 valence electrons. The maximum Gasteiger partial charge on any atom is 0.306 e. The topological polar surface area (TPSA) is 26.3 Å². The van der Waals surface area contributed by atoms with Gasteiger partial charge in [-0.1, -0.05) is 6.58 Å². The van der Waals surface area contributed by atoms with E-state index in [2.05, 4.69) is 6.58 Å². The lowest BCUT2D eigenvalue weighted by atomic mass is 9.91. The Bertz CT molecular complexity index is 225. The van der Waals surface area contributed by atoms with Crippen molar-refractivity contribution in [3.63, 3.8) is 0 Å². The van der Waals surface area contributed by atoms with Crippen LogP contribution in [0, 0.1) is 0 Å². The van der Waals surface area contributed by atoms with Gasteiger partial charge < -0.3 is 4.74 Å². The molecule has 1 rings (SSSR count). The molecule has 1 aliphatic rings. The molecule has 0 amide bonds. The zero-order valence-corrected chi connectivity index (χ0v) is 8.69. The summed E-state index contributed by atoms with van der Waals surface area (Å²) in [7, 11) is 0. The Morgan fingerprint density at radius 1 is 1.77 bits per heavy atom. The van der Waals surface area contributed by atoms with E-state index in [-0.39, 0.29) is 5.97 Å². The van der Waals surface area contributed by atoms with Crippen LogP contribution in [0.2, 0.25) is 0 Å². The molecule has 1 heterocycles. The van der Waals surface area contributed by atoms with E-state index in [0.29, 0.717) is 12.3 Å². The van der Waals surface area contributed by atoms with Gasteiger partial charge >= 0.3 is 5.97 Å². The number of halogens is 1. The second-order valence-corrected chi connectivity index (χ2v) is 3.98. The van der Waals surface area contributed by atoms with E-state index in [1.54, 1.807) is 0 Å². The number of carbonyl (C=O) groups is 1. The zero-order valence-electron chi connectivity index (χ0n) is 7.94. The van der Waals surface area contributed by atoms with Crippen LogP contribution in [0.4, 0.5) is 0 Å². The highest BCUT2D eigenvalue weighted by Gasteiger charge is 2.37. The first-order valence-electron chi connectivity index (χ1n) is 4.54. The Labute approximate surface area is 83.9 Å². The van der Waals surface area contributed by atoms with Crippen molar-refractivity contribution in [1.29, 1.82) is 0 Å². The number of esters is 1. The first-order valence-corrected chi connectivity index (χ1v) is 5.08. The van der Waals surface area contributed by atoms with E-state index in [4.69, 9.17) is 16.3 Å². The fourth-order valence-corrected chi connectivity index (χ4v) is 1.62. The van der Waals surface area contributed by atoms with E-state index in [0.717, 1.165) is 24.8 Å². The van der Waals surface area contributed by atoms with E-state index >= 15 is 0 Å². The maximum atomic E-state index is 10.9. The van der Waals surface area contributed by atoms with Gasteiger partial charge in [-0.05, 0) is 25.3 Å². The first kappa shape index (κ1) is 10.6. The quantitative estimate of drug-likeness (QED) is 0.398. The van der Waals surface area contributed by atoms with E-state index in [1.165, 1.54) is 0 Å². The van der Waals surface area contributed by atoms with Gasteiger partial charge in [0.05, 0.1) is 0 Å². The minimum absolute atomic E-state index is 0.116. The first-order chi connectivity index (χ1) is 6.08. The molecular formula is C10H15ClO2. The van der Waals surface area contributed by atoms with E-state index in [1.807, 2.05) is 6.92 Å². The lowest BCUT2D eigenvalue weighted by Crippen LogP contribution is -2.26. The molecule has 13 heavy (non-hydrogen) atoms. The van der Waals surface area contributed by atoms with Gasteiger partial charge in [-0.3, -0.25) is 4.79 Å². The number of carbonyl (C=O) groups excluding carboxylic acids is 1. The number of alkyl halides is 1. The lowest BCUT2D eigenvalue weighted by Gasteiger charge is -2.25. The number of hydrogen-bond acceptors (Lipinski definition) is 2. The summed E-state index contributed by atoms with van der Waals surface area (Å²) in [5.74, 6) is 0.512.